The van der Waals surface area contributed by atoms with Crippen LogP contribution in [0.3, 0.4) is 0 Å². The van der Waals surface area contributed by atoms with E-state index in [4.69, 9.17) is 0 Å². The summed E-state index contributed by atoms with van der Waals surface area (Å²) in [6, 6.07) is 11.0. The Morgan fingerprint density at radius 3 is 2.48 bits per heavy atom. The minimum atomic E-state index is -0.455. The van der Waals surface area contributed by atoms with Crippen LogP contribution >= 0.6 is 0 Å². The lowest BCUT2D eigenvalue weighted by Gasteiger charge is -2.37. The summed E-state index contributed by atoms with van der Waals surface area (Å²) in [5.74, 6) is -0.499. The smallest absolute Gasteiger partial charge is 0.230 e. The summed E-state index contributed by atoms with van der Waals surface area (Å²) >= 11 is 0. The second-order valence-electron chi connectivity index (χ2n) is 6.37. The van der Waals surface area contributed by atoms with E-state index >= 15 is 0 Å². The predicted octanol–water partition coefficient (Wildman–Crippen LogP) is 1.50. The minimum Gasteiger partial charge on any atom is -0.395 e. The van der Waals surface area contributed by atoms with Gasteiger partial charge in [0, 0.05) is 18.1 Å². The van der Waals surface area contributed by atoms with Gasteiger partial charge in [0.15, 0.2) is 0 Å². The Morgan fingerprint density at radius 1 is 1.29 bits per heavy atom. The Morgan fingerprint density at radius 2 is 1.90 bits per heavy atom. The highest BCUT2D eigenvalue weighted by Crippen LogP contribution is 2.34. The zero-order chi connectivity index (χ0) is 14.8. The highest BCUT2D eigenvalue weighted by atomic mass is 16.3. The van der Waals surface area contributed by atoms with E-state index < -0.39 is 5.92 Å². The Balaban J connectivity index is 1.63. The van der Waals surface area contributed by atoms with E-state index in [1.807, 2.05) is 30.3 Å². The molecule has 0 radical (unpaired) electrons. The maximum atomic E-state index is 12.5. The first-order chi connectivity index (χ1) is 10.2. The second-order valence-corrected chi connectivity index (χ2v) is 6.37. The molecule has 114 valence electrons. The summed E-state index contributed by atoms with van der Waals surface area (Å²) in [4.78, 5) is 14.9. The first-order valence-corrected chi connectivity index (χ1v) is 7.87. The fourth-order valence-corrected chi connectivity index (χ4v) is 3.86. The topological polar surface area (TPSA) is 52.6 Å². The van der Waals surface area contributed by atoms with Crippen LogP contribution in [0.4, 0.5) is 0 Å². The molecule has 2 heterocycles. The third-order valence-corrected chi connectivity index (χ3v) is 5.15. The lowest BCUT2D eigenvalue weighted by molar-refractivity contribution is -0.124. The zero-order valence-electron chi connectivity index (χ0n) is 12.5. The van der Waals surface area contributed by atoms with Crippen molar-refractivity contribution in [3.63, 3.8) is 0 Å². The van der Waals surface area contributed by atoms with E-state index in [2.05, 4.69) is 17.3 Å². The van der Waals surface area contributed by atoms with Crippen LogP contribution in [0.25, 0.3) is 0 Å². The van der Waals surface area contributed by atoms with E-state index in [0.29, 0.717) is 12.1 Å². The number of hydrogen-bond acceptors (Lipinski definition) is 3. The van der Waals surface area contributed by atoms with E-state index in [1.54, 1.807) is 0 Å². The number of hydrogen-bond donors (Lipinski definition) is 2. The average Bonchev–Trinajstić information content (AvgIpc) is 2.72. The molecule has 3 unspecified atom stereocenters. The van der Waals surface area contributed by atoms with Crippen molar-refractivity contribution in [2.24, 2.45) is 0 Å². The number of benzene rings is 1. The number of fused-ring (bicyclic) bond motifs is 2. The standard InChI is InChI=1S/C17H24N2O2/c1-19-14-7-8-15(19)10-13(9-14)18-17(21)16(11-20)12-5-3-2-4-6-12/h2-6,13-16,20H,7-11H2,1H3,(H,18,21). The van der Waals surface area contributed by atoms with Crippen LogP contribution in [0.1, 0.15) is 37.2 Å². The third kappa shape index (κ3) is 2.97. The number of nitrogens with one attached hydrogen (secondary N) is 1. The van der Waals surface area contributed by atoms with Gasteiger partial charge in [-0.05, 0) is 38.3 Å². The molecular formula is C17H24N2O2. The van der Waals surface area contributed by atoms with E-state index in [0.717, 1.165) is 18.4 Å². The Hall–Kier alpha value is -1.39. The fraction of sp³-hybridized carbons (Fsp3) is 0.588. The summed E-state index contributed by atoms with van der Waals surface area (Å²) in [5.41, 5.74) is 0.883. The molecule has 2 aliphatic rings. The highest BCUT2D eigenvalue weighted by molar-refractivity contribution is 5.84. The molecule has 0 aromatic heterocycles. The SMILES string of the molecule is CN1C2CCC1CC(NC(=O)C(CO)c1ccccc1)C2. The van der Waals surface area contributed by atoms with Crippen molar-refractivity contribution in [1.82, 2.24) is 10.2 Å². The van der Waals surface area contributed by atoms with E-state index in [9.17, 15) is 9.90 Å². The number of carbonyl (C=O) groups is 1. The largest absolute Gasteiger partial charge is 0.395 e. The minimum absolute atomic E-state index is 0.0438. The molecule has 3 rings (SSSR count). The molecule has 4 heteroatoms. The molecule has 2 saturated heterocycles. The summed E-state index contributed by atoms with van der Waals surface area (Å²) in [6.45, 7) is -0.144. The Kier molecular flexibility index (Phi) is 4.27. The first-order valence-electron chi connectivity index (χ1n) is 7.87. The normalized spacial score (nSPS) is 30.1. The summed E-state index contributed by atoms with van der Waals surface area (Å²) in [7, 11) is 2.20. The number of piperidine rings is 1. The van der Waals surface area contributed by atoms with Crippen molar-refractivity contribution < 1.29 is 9.90 Å². The fourth-order valence-electron chi connectivity index (χ4n) is 3.86. The van der Waals surface area contributed by atoms with Crippen LogP contribution in [-0.4, -0.2) is 47.7 Å². The van der Waals surface area contributed by atoms with Gasteiger partial charge < -0.3 is 15.3 Å². The zero-order valence-corrected chi connectivity index (χ0v) is 12.5. The van der Waals surface area contributed by atoms with Crippen LogP contribution in [0, 0.1) is 0 Å². The lowest BCUT2D eigenvalue weighted by atomic mass is 9.95. The maximum Gasteiger partial charge on any atom is 0.230 e. The van der Waals surface area contributed by atoms with Gasteiger partial charge in [0.1, 0.15) is 0 Å². The van der Waals surface area contributed by atoms with Crippen LogP contribution in [-0.2, 0) is 4.79 Å². The van der Waals surface area contributed by atoms with Crippen molar-refractivity contribution >= 4 is 5.91 Å². The van der Waals surface area contributed by atoms with Crippen molar-refractivity contribution in [1.29, 1.82) is 0 Å². The van der Waals surface area contributed by atoms with Crippen molar-refractivity contribution in [3.8, 4) is 0 Å². The first kappa shape index (κ1) is 14.5. The highest BCUT2D eigenvalue weighted by Gasteiger charge is 2.39. The van der Waals surface area contributed by atoms with Crippen LogP contribution in [0.15, 0.2) is 30.3 Å². The van der Waals surface area contributed by atoms with Crippen LogP contribution in [0.2, 0.25) is 0 Å². The molecule has 4 nitrogen and oxygen atoms in total. The number of amides is 1. The molecule has 2 fully saturated rings. The molecule has 1 aromatic rings. The summed E-state index contributed by atoms with van der Waals surface area (Å²) in [5, 5.41) is 12.7. The van der Waals surface area contributed by atoms with Gasteiger partial charge in [-0.15, -0.1) is 0 Å². The summed E-state index contributed by atoms with van der Waals surface area (Å²) < 4.78 is 0. The number of carbonyl (C=O) groups excluding carboxylic acids is 1. The van der Waals surface area contributed by atoms with Crippen molar-refractivity contribution in [2.45, 2.75) is 49.7 Å². The van der Waals surface area contributed by atoms with E-state index in [1.165, 1.54) is 12.8 Å². The monoisotopic (exact) mass is 288 g/mol. The van der Waals surface area contributed by atoms with Crippen molar-refractivity contribution in [3.05, 3.63) is 35.9 Å². The maximum absolute atomic E-state index is 12.5. The number of aliphatic hydroxyl groups excluding tert-OH is 1. The van der Waals surface area contributed by atoms with Gasteiger partial charge >= 0.3 is 0 Å². The number of rotatable bonds is 4. The molecule has 2 aliphatic heterocycles. The molecular weight excluding hydrogens is 264 g/mol. The van der Waals surface area contributed by atoms with Crippen molar-refractivity contribution in [2.75, 3.05) is 13.7 Å². The molecule has 3 atom stereocenters. The molecule has 1 amide bonds. The molecule has 0 saturated carbocycles. The molecule has 2 N–H and O–H groups in total. The van der Waals surface area contributed by atoms with Crippen LogP contribution < -0.4 is 5.32 Å². The molecule has 2 bridgehead atoms. The number of aliphatic hydroxyl groups is 1. The van der Waals surface area contributed by atoms with Crippen LogP contribution in [0.5, 0.6) is 0 Å². The Labute approximate surface area is 126 Å². The van der Waals surface area contributed by atoms with Gasteiger partial charge in [0.05, 0.1) is 12.5 Å². The van der Waals surface area contributed by atoms with Gasteiger partial charge in [-0.25, -0.2) is 0 Å². The quantitative estimate of drug-likeness (QED) is 0.883. The lowest BCUT2D eigenvalue weighted by Crippen LogP contribution is -2.49. The van der Waals surface area contributed by atoms with Gasteiger partial charge in [-0.2, -0.15) is 0 Å². The predicted molar refractivity (Wildman–Crippen MR) is 82.0 cm³/mol. The molecule has 1 aromatic carbocycles. The summed E-state index contributed by atoms with van der Waals surface area (Å²) in [6.07, 6.45) is 4.56. The average molecular weight is 288 g/mol. The van der Waals surface area contributed by atoms with Gasteiger partial charge in [0.2, 0.25) is 5.91 Å². The molecule has 0 aliphatic carbocycles. The molecule has 21 heavy (non-hydrogen) atoms. The number of nitrogens with zero attached hydrogens (tertiary/aromatic N) is 1. The molecule has 0 spiro atoms. The van der Waals surface area contributed by atoms with Gasteiger partial charge in [-0.3, -0.25) is 4.79 Å². The third-order valence-electron chi connectivity index (χ3n) is 5.15. The van der Waals surface area contributed by atoms with Gasteiger partial charge in [-0.1, -0.05) is 30.3 Å². The Bertz CT molecular complexity index is 477. The van der Waals surface area contributed by atoms with E-state index in [-0.39, 0.29) is 18.6 Å². The van der Waals surface area contributed by atoms with Gasteiger partial charge in [0.25, 0.3) is 0 Å². The second kappa shape index (κ2) is 6.16.